The molecule has 5 nitrogen and oxygen atoms in total. The van der Waals surface area contributed by atoms with E-state index in [1.54, 1.807) is 24.3 Å². The fourth-order valence-corrected chi connectivity index (χ4v) is 2.61. The normalized spacial score (nSPS) is 22.2. The molecule has 1 saturated heterocycles. The van der Waals surface area contributed by atoms with Gasteiger partial charge in [0.15, 0.2) is 0 Å². The summed E-state index contributed by atoms with van der Waals surface area (Å²) in [7, 11) is 0. The van der Waals surface area contributed by atoms with Crippen molar-refractivity contribution in [2.24, 2.45) is 0 Å². The van der Waals surface area contributed by atoms with Crippen LogP contribution in [0.5, 0.6) is 5.75 Å². The second-order valence-electron chi connectivity index (χ2n) is 5.61. The van der Waals surface area contributed by atoms with Gasteiger partial charge < -0.3 is 14.2 Å². The summed E-state index contributed by atoms with van der Waals surface area (Å²) in [4.78, 5) is 2.38. The predicted octanol–water partition coefficient (Wildman–Crippen LogP) is 2.06. The molecule has 1 aliphatic heterocycles. The van der Waals surface area contributed by atoms with E-state index in [-0.39, 0.29) is 0 Å². The largest absolute Gasteiger partial charge is 0.491 e. The minimum atomic E-state index is 0.295. The van der Waals surface area contributed by atoms with Crippen molar-refractivity contribution in [1.29, 1.82) is 5.26 Å². The van der Waals surface area contributed by atoms with E-state index in [0.717, 1.165) is 25.4 Å². The summed E-state index contributed by atoms with van der Waals surface area (Å²) in [5, 5.41) is 8.72. The summed E-state index contributed by atoms with van der Waals surface area (Å²) in [5.74, 6) is 0.762. The van der Waals surface area contributed by atoms with Crippen LogP contribution in [0.3, 0.4) is 0 Å². The van der Waals surface area contributed by atoms with Gasteiger partial charge in [-0.3, -0.25) is 4.90 Å². The highest BCUT2D eigenvalue weighted by atomic mass is 16.5. The van der Waals surface area contributed by atoms with Crippen molar-refractivity contribution < 1.29 is 14.2 Å². The molecule has 1 heterocycles. The van der Waals surface area contributed by atoms with Gasteiger partial charge in [-0.05, 0) is 38.1 Å². The lowest BCUT2D eigenvalue weighted by Gasteiger charge is -2.35. The number of nitrogens with zero attached hydrogens (tertiary/aromatic N) is 2. The van der Waals surface area contributed by atoms with Gasteiger partial charge in [0.2, 0.25) is 0 Å². The Morgan fingerprint density at radius 2 is 1.82 bits per heavy atom. The van der Waals surface area contributed by atoms with Gasteiger partial charge in [0.05, 0.1) is 37.1 Å². The molecule has 22 heavy (non-hydrogen) atoms. The van der Waals surface area contributed by atoms with E-state index < -0.39 is 0 Å². The third-order valence-electron chi connectivity index (χ3n) is 3.53. The van der Waals surface area contributed by atoms with Gasteiger partial charge >= 0.3 is 0 Å². The van der Waals surface area contributed by atoms with Crippen LogP contribution in [0.4, 0.5) is 0 Å². The molecule has 120 valence electrons. The fourth-order valence-electron chi connectivity index (χ4n) is 2.61. The van der Waals surface area contributed by atoms with E-state index in [9.17, 15) is 0 Å². The lowest BCUT2D eigenvalue weighted by atomic mass is 10.2. The second-order valence-corrected chi connectivity index (χ2v) is 5.61. The molecule has 1 fully saturated rings. The molecule has 5 heteroatoms. The number of hydrogen-bond acceptors (Lipinski definition) is 5. The smallest absolute Gasteiger partial charge is 0.119 e. The highest BCUT2D eigenvalue weighted by molar-refractivity contribution is 5.34. The lowest BCUT2D eigenvalue weighted by Crippen LogP contribution is -2.46. The van der Waals surface area contributed by atoms with Crippen LogP contribution in [-0.4, -0.2) is 56.6 Å². The zero-order valence-electron chi connectivity index (χ0n) is 13.3. The Morgan fingerprint density at radius 1 is 1.14 bits per heavy atom. The number of ether oxygens (including phenoxy) is 3. The standard InChI is InChI=1S/C17H24N2O3/c1-14-12-19(13-15(2)22-14)7-8-20-9-10-21-17-5-3-16(11-18)4-6-17/h3-6,14-15H,7-10,12-13H2,1-2H3/t14-,15+. The minimum Gasteiger partial charge on any atom is -0.491 e. The van der Waals surface area contributed by atoms with Gasteiger partial charge in [-0.2, -0.15) is 5.26 Å². The Labute approximate surface area is 132 Å². The first kappa shape index (κ1) is 16.8. The Morgan fingerprint density at radius 3 is 2.45 bits per heavy atom. The monoisotopic (exact) mass is 304 g/mol. The third-order valence-corrected chi connectivity index (χ3v) is 3.53. The summed E-state index contributed by atoms with van der Waals surface area (Å²) < 4.78 is 16.9. The molecule has 0 saturated carbocycles. The van der Waals surface area contributed by atoms with Crippen LogP contribution in [0.15, 0.2) is 24.3 Å². The van der Waals surface area contributed by atoms with Crippen LogP contribution >= 0.6 is 0 Å². The van der Waals surface area contributed by atoms with Crippen LogP contribution in [0.25, 0.3) is 0 Å². The Balaban J connectivity index is 1.54. The molecular weight excluding hydrogens is 280 g/mol. The van der Waals surface area contributed by atoms with E-state index in [1.807, 2.05) is 0 Å². The maximum atomic E-state index is 8.72. The van der Waals surface area contributed by atoms with Gasteiger partial charge in [-0.1, -0.05) is 0 Å². The Hall–Kier alpha value is -1.61. The number of rotatable bonds is 7. The van der Waals surface area contributed by atoms with Crippen LogP contribution in [0, 0.1) is 11.3 Å². The molecule has 0 aromatic heterocycles. The van der Waals surface area contributed by atoms with Crippen molar-refractivity contribution in [3.8, 4) is 11.8 Å². The van der Waals surface area contributed by atoms with Crippen LogP contribution in [-0.2, 0) is 9.47 Å². The SMILES string of the molecule is C[C@@H]1CN(CCOCCOc2ccc(C#N)cc2)C[C@H](C)O1. The van der Waals surface area contributed by atoms with Gasteiger partial charge in [0, 0.05) is 19.6 Å². The molecule has 0 spiro atoms. The molecular formula is C17H24N2O3. The van der Waals surface area contributed by atoms with Crippen molar-refractivity contribution >= 4 is 0 Å². The van der Waals surface area contributed by atoms with Gasteiger partial charge in [-0.25, -0.2) is 0 Å². The van der Waals surface area contributed by atoms with Crippen molar-refractivity contribution in [3.05, 3.63) is 29.8 Å². The number of morpholine rings is 1. The predicted molar refractivity (Wildman–Crippen MR) is 83.9 cm³/mol. The molecule has 0 radical (unpaired) electrons. The van der Waals surface area contributed by atoms with Crippen LogP contribution in [0.2, 0.25) is 0 Å². The fraction of sp³-hybridized carbons (Fsp3) is 0.588. The van der Waals surface area contributed by atoms with Crippen LogP contribution in [0.1, 0.15) is 19.4 Å². The van der Waals surface area contributed by atoms with E-state index in [2.05, 4.69) is 24.8 Å². The molecule has 0 bridgehead atoms. The third kappa shape index (κ3) is 5.64. The first-order valence-electron chi connectivity index (χ1n) is 7.76. The maximum Gasteiger partial charge on any atom is 0.119 e. The average Bonchev–Trinajstić information content (AvgIpc) is 2.50. The number of hydrogen-bond donors (Lipinski definition) is 0. The molecule has 0 unspecified atom stereocenters. The molecule has 1 aliphatic rings. The Bertz CT molecular complexity index is 474. The van der Waals surface area contributed by atoms with Crippen molar-refractivity contribution in [2.45, 2.75) is 26.1 Å². The molecule has 0 aliphatic carbocycles. The van der Waals surface area contributed by atoms with E-state index in [4.69, 9.17) is 19.5 Å². The van der Waals surface area contributed by atoms with Crippen molar-refractivity contribution in [3.63, 3.8) is 0 Å². The van der Waals surface area contributed by atoms with E-state index >= 15 is 0 Å². The van der Waals surface area contributed by atoms with Crippen LogP contribution < -0.4 is 4.74 Å². The first-order chi connectivity index (χ1) is 10.7. The summed E-state index contributed by atoms with van der Waals surface area (Å²) in [6.07, 6.45) is 0.590. The highest BCUT2D eigenvalue weighted by Gasteiger charge is 2.21. The topological polar surface area (TPSA) is 54.7 Å². The summed E-state index contributed by atoms with van der Waals surface area (Å²) in [6.45, 7) is 8.86. The van der Waals surface area contributed by atoms with Crippen molar-refractivity contribution in [1.82, 2.24) is 4.90 Å². The molecule has 2 rings (SSSR count). The molecule has 0 N–H and O–H groups in total. The van der Waals surface area contributed by atoms with E-state index in [1.165, 1.54) is 0 Å². The molecule has 2 atom stereocenters. The number of nitriles is 1. The van der Waals surface area contributed by atoms with Gasteiger partial charge in [0.25, 0.3) is 0 Å². The number of benzene rings is 1. The zero-order chi connectivity index (χ0) is 15.8. The Kier molecular flexibility index (Phi) is 6.66. The summed E-state index contributed by atoms with van der Waals surface area (Å²) in [5.41, 5.74) is 0.637. The first-order valence-corrected chi connectivity index (χ1v) is 7.76. The second kappa shape index (κ2) is 8.74. The van der Waals surface area contributed by atoms with E-state index in [0.29, 0.717) is 37.6 Å². The van der Waals surface area contributed by atoms with Gasteiger partial charge in [-0.15, -0.1) is 0 Å². The lowest BCUT2D eigenvalue weighted by molar-refractivity contribution is -0.0734. The van der Waals surface area contributed by atoms with Crippen molar-refractivity contribution in [2.75, 3.05) is 39.5 Å². The summed E-state index contributed by atoms with van der Waals surface area (Å²) in [6, 6.07) is 9.18. The molecule has 1 aromatic rings. The zero-order valence-corrected chi connectivity index (χ0v) is 13.3. The molecule has 1 aromatic carbocycles. The highest BCUT2D eigenvalue weighted by Crippen LogP contribution is 2.11. The quantitative estimate of drug-likeness (QED) is 0.722. The average molecular weight is 304 g/mol. The van der Waals surface area contributed by atoms with Gasteiger partial charge in [0.1, 0.15) is 12.4 Å². The minimum absolute atomic E-state index is 0.295. The molecule has 0 amide bonds. The maximum absolute atomic E-state index is 8.72. The summed E-state index contributed by atoms with van der Waals surface area (Å²) >= 11 is 0.